The van der Waals surface area contributed by atoms with E-state index in [9.17, 15) is 18.0 Å². The lowest BCUT2D eigenvalue weighted by atomic mass is 9.49. The van der Waals surface area contributed by atoms with Crippen molar-refractivity contribution in [1.82, 2.24) is 14.5 Å². The first-order chi connectivity index (χ1) is 15.9. The summed E-state index contributed by atoms with van der Waals surface area (Å²) in [5.41, 5.74) is -0.250. The molecule has 0 spiro atoms. The number of sulfonamides is 1. The highest BCUT2D eigenvalue weighted by atomic mass is 32.2. The second-order valence-corrected chi connectivity index (χ2v) is 13.8. The van der Waals surface area contributed by atoms with E-state index in [0.717, 1.165) is 37.0 Å². The van der Waals surface area contributed by atoms with Gasteiger partial charge in [0.25, 0.3) is 5.91 Å². The molecule has 2 amide bonds. The molecule has 0 radical (unpaired) electrons. The van der Waals surface area contributed by atoms with Gasteiger partial charge in [0.2, 0.25) is 15.9 Å². The molecule has 5 fully saturated rings. The van der Waals surface area contributed by atoms with E-state index in [4.69, 9.17) is 0 Å². The zero-order valence-corrected chi connectivity index (χ0v) is 21.4. The van der Waals surface area contributed by atoms with E-state index in [1.54, 1.807) is 37.8 Å². The minimum atomic E-state index is -3.64. The molecule has 1 aromatic rings. The molecule has 0 atom stereocenters. The molecule has 4 bridgehead atoms. The molecule has 6 rings (SSSR count). The van der Waals surface area contributed by atoms with Crippen LogP contribution in [0.3, 0.4) is 0 Å². The summed E-state index contributed by atoms with van der Waals surface area (Å²) in [5, 5.41) is 0. The zero-order valence-electron chi connectivity index (χ0n) is 20.5. The third-order valence-corrected chi connectivity index (χ3v) is 9.97. The van der Waals surface area contributed by atoms with Gasteiger partial charge in [-0.2, -0.15) is 0 Å². The minimum absolute atomic E-state index is 0.116. The first-order valence-corrected chi connectivity index (χ1v) is 14.2. The molecule has 8 heteroatoms. The zero-order chi connectivity index (χ0) is 24.3. The van der Waals surface area contributed by atoms with Crippen molar-refractivity contribution in [3.63, 3.8) is 0 Å². The van der Waals surface area contributed by atoms with Crippen LogP contribution in [0.25, 0.3) is 0 Å². The summed E-state index contributed by atoms with van der Waals surface area (Å²) in [6.07, 6.45) is 7.16. The second-order valence-electron chi connectivity index (χ2n) is 12.2. The van der Waals surface area contributed by atoms with Gasteiger partial charge in [-0.3, -0.25) is 9.59 Å². The van der Waals surface area contributed by atoms with Gasteiger partial charge in [0, 0.05) is 37.3 Å². The highest BCUT2D eigenvalue weighted by Gasteiger charge is 2.55. The van der Waals surface area contributed by atoms with Crippen molar-refractivity contribution in [3.8, 4) is 0 Å². The topological polar surface area (TPSA) is 86.8 Å². The molecule has 0 aromatic heterocycles. The van der Waals surface area contributed by atoms with E-state index in [0.29, 0.717) is 37.6 Å². The number of nitrogens with one attached hydrogen (secondary N) is 1. The van der Waals surface area contributed by atoms with Gasteiger partial charge in [0.05, 0.1) is 10.3 Å². The van der Waals surface area contributed by atoms with Crippen molar-refractivity contribution in [2.75, 3.05) is 26.2 Å². The minimum Gasteiger partial charge on any atom is -0.339 e. The van der Waals surface area contributed by atoms with Crippen molar-refractivity contribution < 1.29 is 18.0 Å². The highest BCUT2D eigenvalue weighted by molar-refractivity contribution is 7.89. The molecule has 7 nitrogen and oxygen atoms in total. The summed E-state index contributed by atoms with van der Waals surface area (Å²) in [7, 11) is -3.64. The number of amides is 2. The van der Waals surface area contributed by atoms with E-state index in [1.807, 2.05) is 4.90 Å². The quantitative estimate of drug-likeness (QED) is 0.706. The summed E-state index contributed by atoms with van der Waals surface area (Å²) >= 11 is 0. The number of nitrogens with zero attached hydrogens (tertiary/aromatic N) is 2. The van der Waals surface area contributed by atoms with Crippen LogP contribution in [-0.2, 0) is 14.8 Å². The van der Waals surface area contributed by atoms with Gasteiger partial charge in [0.15, 0.2) is 0 Å². The summed E-state index contributed by atoms with van der Waals surface area (Å²) in [5.74, 6) is 2.43. The summed E-state index contributed by atoms with van der Waals surface area (Å²) in [6, 6.07) is 6.11. The molecule has 1 heterocycles. The largest absolute Gasteiger partial charge is 0.339 e. The normalized spacial score (nSPS) is 31.1. The van der Waals surface area contributed by atoms with Crippen LogP contribution >= 0.6 is 0 Å². The molecule has 4 saturated carbocycles. The monoisotopic (exact) mass is 487 g/mol. The molecule has 34 heavy (non-hydrogen) atoms. The fraction of sp³-hybridized carbons (Fsp3) is 0.692. The van der Waals surface area contributed by atoms with Gasteiger partial charge in [-0.05, 0) is 101 Å². The predicted octanol–water partition coefficient (Wildman–Crippen LogP) is 3.26. The van der Waals surface area contributed by atoms with E-state index in [2.05, 4.69) is 4.72 Å². The first kappa shape index (κ1) is 23.8. The van der Waals surface area contributed by atoms with Gasteiger partial charge in [-0.15, -0.1) is 0 Å². The van der Waals surface area contributed by atoms with E-state index in [1.165, 1.54) is 31.4 Å². The maximum Gasteiger partial charge on any atom is 0.253 e. The number of benzene rings is 1. The summed E-state index contributed by atoms with van der Waals surface area (Å²) in [4.78, 5) is 30.6. The van der Waals surface area contributed by atoms with E-state index < -0.39 is 15.6 Å². The SMILES string of the molecule is CC(C)(C)NS(=O)(=O)c1ccc(C(=O)N2CCN(C(=O)C34CC5CC(CC(C5)C3)C4)CC2)cc1. The van der Waals surface area contributed by atoms with Crippen molar-refractivity contribution in [3.05, 3.63) is 29.8 Å². The van der Waals surface area contributed by atoms with Crippen LogP contribution in [-0.4, -0.2) is 61.7 Å². The first-order valence-electron chi connectivity index (χ1n) is 12.7. The van der Waals surface area contributed by atoms with Gasteiger partial charge in [-0.1, -0.05) is 0 Å². The third kappa shape index (κ3) is 4.51. The molecular weight excluding hydrogens is 450 g/mol. The highest BCUT2D eigenvalue weighted by Crippen LogP contribution is 2.60. The number of rotatable bonds is 4. The second kappa shape index (κ2) is 8.33. The Labute approximate surface area is 203 Å². The number of piperazine rings is 1. The molecule has 1 aromatic carbocycles. The van der Waals surface area contributed by atoms with E-state index in [-0.39, 0.29) is 16.2 Å². The van der Waals surface area contributed by atoms with Crippen LogP contribution in [0.2, 0.25) is 0 Å². The average Bonchev–Trinajstić information content (AvgIpc) is 2.76. The number of hydrogen-bond acceptors (Lipinski definition) is 4. The van der Waals surface area contributed by atoms with Gasteiger partial charge in [-0.25, -0.2) is 13.1 Å². The Morgan fingerprint density at radius 3 is 1.79 bits per heavy atom. The fourth-order valence-electron chi connectivity index (χ4n) is 7.24. The average molecular weight is 488 g/mol. The molecule has 4 aliphatic carbocycles. The number of hydrogen-bond donors (Lipinski definition) is 1. The molecule has 0 unspecified atom stereocenters. The number of carbonyl (C=O) groups is 2. The van der Waals surface area contributed by atoms with E-state index >= 15 is 0 Å². The molecule has 1 aliphatic heterocycles. The lowest BCUT2D eigenvalue weighted by Gasteiger charge is -2.57. The lowest BCUT2D eigenvalue weighted by Crippen LogP contribution is -2.58. The van der Waals surface area contributed by atoms with Crippen LogP contribution in [0.1, 0.15) is 69.7 Å². The van der Waals surface area contributed by atoms with Gasteiger partial charge < -0.3 is 9.80 Å². The summed E-state index contributed by atoms with van der Waals surface area (Å²) in [6.45, 7) is 7.55. The molecule has 1 saturated heterocycles. The van der Waals surface area contributed by atoms with Crippen LogP contribution in [0, 0.1) is 23.2 Å². The molecule has 5 aliphatic rings. The van der Waals surface area contributed by atoms with Crippen LogP contribution < -0.4 is 4.72 Å². The third-order valence-electron chi connectivity index (χ3n) is 8.20. The molecule has 1 N–H and O–H groups in total. The Kier molecular flexibility index (Phi) is 5.83. The Bertz CT molecular complexity index is 1030. The Morgan fingerprint density at radius 2 is 1.32 bits per heavy atom. The number of carbonyl (C=O) groups excluding carboxylic acids is 2. The lowest BCUT2D eigenvalue weighted by molar-refractivity contribution is -0.159. The Hall–Kier alpha value is -1.93. The Morgan fingerprint density at radius 1 is 0.853 bits per heavy atom. The smallest absolute Gasteiger partial charge is 0.253 e. The Balaban J connectivity index is 1.20. The standard InChI is InChI=1S/C26H37N3O4S/c1-25(2,3)27-34(32,33)22-6-4-21(5-7-22)23(30)28-8-10-29(11-9-28)24(31)26-15-18-12-19(16-26)14-20(13-18)17-26/h4-7,18-20,27H,8-17H2,1-3H3. The van der Waals surface area contributed by atoms with Crippen LogP contribution in [0.15, 0.2) is 29.2 Å². The van der Waals surface area contributed by atoms with Crippen LogP contribution in [0.5, 0.6) is 0 Å². The van der Waals surface area contributed by atoms with Crippen molar-refractivity contribution in [1.29, 1.82) is 0 Å². The maximum atomic E-state index is 13.6. The van der Waals surface area contributed by atoms with Crippen LogP contribution in [0.4, 0.5) is 0 Å². The van der Waals surface area contributed by atoms with Gasteiger partial charge >= 0.3 is 0 Å². The molecule has 186 valence electrons. The van der Waals surface area contributed by atoms with Crippen molar-refractivity contribution >= 4 is 21.8 Å². The fourth-order valence-corrected chi connectivity index (χ4v) is 8.66. The predicted molar refractivity (Wildman–Crippen MR) is 130 cm³/mol. The van der Waals surface area contributed by atoms with Crippen molar-refractivity contribution in [2.45, 2.75) is 69.7 Å². The summed E-state index contributed by atoms with van der Waals surface area (Å²) < 4.78 is 27.7. The van der Waals surface area contributed by atoms with Crippen molar-refractivity contribution in [2.24, 2.45) is 23.2 Å². The van der Waals surface area contributed by atoms with Gasteiger partial charge in [0.1, 0.15) is 0 Å². The molecular formula is C26H37N3O4S. The maximum absolute atomic E-state index is 13.6.